The van der Waals surface area contributed by atoms with E-state index in [1.54, 1.807) is 17.8 Å². The number of amides is 1. The van der Waals surface area contributed by atoms with Crippen molar-refractivity contribution in [3.8, 4) is 0 Å². The predicted octanol–water partition coefficient (Wildman–Crippen LogP) is 1.95. The summed E-state index contributed by atoms with van der Waals surface area (Å²) in [6.45, 7) is 1.46. The zero-order valence-corrected chi connectivity index (χ0v) is 8.44. The number of carbonyl (C=O) groups is 1. The fourth-order valence-electron chi connectivity index (χ4n) is 1.02. The third-order valence-corrected chi connectivity index (χ3v) is 2.39. The number of hydrogen-bond acceptors (Lipinski definition) is 3. The summed E-state index contributed by atoms with van der Waals surface area (Å²) in [5.74, 6) is -0.107. The standard InChI is InChI=1S/C9H12N2OS/c1-6(12)11-7-4-3-5-8(13-2)9(7)10/h3-5H,10H2,1-2H3,(H,11,12). The monoisotopic (exact) mass is 196 g/mol. The normalized spacial score (nSPS) is 9.69. The Morgan fingerprint density at radius 2 is 2.23 bits per heavy atom. The number of para-hydroxylation sites is 1. The minimum absolute atomic E-state index is 0.107. The number of benzene rings is 1. The zero-order valence-electron chi connectivity index (χ0n) is 7.63. The minimum Gasteiger partial charge on any atom is -0.396 e. The second-order valence-electron chi connectivity index (χ2n) is 2.60. The summed E-state index contributed by atoms with van der Waals surface area (Å²) in [6.07, 6.45) is 1.95. The molecule has 0 saturated carbocycles. The van der Waals surface area contributed by atoms with Gasteiger partial charge in [-0.25, -0.2) is 0 Å². The summed E-state index contributed by atoms with van der Waals surface area (Å²) in [7, 11) is 0. The summed E-state index contributed by atoms with van der Waals surface area (Å²) >= 11 is 1.56. The van der Waals surface area contributed by atoms with Crippen LogP contribution in [0.5, 0.6) is 0 Å². The molecular weight excluding hydrogens is 184 g/mol. The first-order valence-electron chi connectivity index (χ1n) is 3.85. The lowest BCUT2D eigenvalue weighted by atomic mass is 10.2. The molecule has 1 rings (SSSR count). The Bertz CT molecular complexity index is 325. The maximum Gasteiger partial charge on any atom is 0.221 e. The molecule has 0 radical (unpaired) electrons. The van der Waals surface area contributed by atoms with Crippen LogP contribution in [-0.4, -0.2) is 12.2 Å². The van der Waals surface area contributed by atoms with Crippen LogP contribution in [0.1, 0.15) is 6.92 Å². The lowest BCUT2D eigenvalue weighted by molar-refractivity contribution is -0.114. The second kappa shape index (κ2) is 4.18. The van der Waals surface area contributed by atoms with E-state index in [-0.39, 0.29) is 5.91 Å². The average molecular weight is 196 g/mol. The molecule has 0 saturated heterocycles. The Kier molecular flexibility index (Phi) is 3.19. The molecule has 0 heterocycles. The summed E-state index contributed by atoms with van der Waals surface area (Å²) in [4.78, 5) is 11.8. The van der Waals surface area contributed by atoms with Gasteiger partial charge in [-0.15, -0.1) is 11.8 Å². The number of hydrogen-bond donors (Lipinski definition) is 2. The van der Waals surface area contributed by atoms with Crippen LogP contribution in [0.15, 0.2) is 23.1 Å². The maximum absolute atomic E-state index is 10.8. The van der Waals surface area contributed by atoms with Crippen LogP contribution in [0.2, 0.25) is 0 Å². The van der Waals surface area contributed by atoms with E-state index in [1.165, 1.54) is 6.92 Å². The molecule has 0 aliphatic carbocycles. The van der Waals surface area contributed by atoms with Crippen molar-refractivity contribution in [1.29, 1.82) is 0 Å². The molecule has 1 aromatic rings. The van der Waals surface area contributed by atoms with Crippen molar-refractivity contribution in [3.63, 3.8) is 0 Å². The van der Waals surface area contributed by atoms with Crippen molar-refractivity contribution in [2.75, 3.05) is 17.3 Å². The molecule has 3 N–H and O–H groups in total. The summed E-state index contributed by atoms with van der Waals surface area (Å²) in [6, 6.07) is 5.58. The van der Waals surface area contributed by atoms with E-state index in [1.807, 2.05) is 18.4 Å². The first-order chi connectivity index (χ1) is 6.15. The molecule has 0 aliphatic rings. The first-order valence-corrected chi connectivity index (χ1v) is 5.07. The van der Waals surface area contributed by atoms with Gasteiger partial charge in [-0.05, 0) is 18.4 Å². The molecule has 4 heteroatoms. The molecule has 0 atom stereocenters. The Hall–Kier alpha value is -1.16. The van der Waals surface area contributed by atoms with Gasteiger partial charge in [0.1, 0.15) is 0 Å². The zero-order chi connectivity index (χ0) is 9.84. The van der Waals surface area contributed by atoms with Crippen molar-refractivity contribution in [2.45, 2.75) is 11.8 Å². The molecule has 3 nitrogen and oxygen atoms in total. The van der Waals surface area contributed by atoms with Gasteiger partial charge in [0, 0.05) is 11.8 Å². The topological polar surface area (TPSA) is 55.1 Å². The molecule has 0 bridgehead atoms. The van der Waals surface area contributed by atoms with Crippen molar-refractivity contribution in [2.24, 2.45) is 0 Å². The quantitative estimate of drug-likeness (QED) is 0.561. The molecule has 13 heavy (non-hydrogen) atoms. The van der Waals surface area contributed by atoms with Gasteiger partial charge in [-0.2, -0.15) is 0 Å². The lowest BCUT2D eigenvalue weighted by Crippen LogP contribution is -2.08. The van der Waals surface area contributed by atoms with Crippen molar-refractivity contribution in [1.82, 2.24) is 0 Å². The van der Waals surface area contributed by atoms with Crippen LogP contribution in [0.25, 0.3) is 0 Å². The van der Waals surface area contributed by atoms with Crippen LogP contribution in [-0.2, 0) is 4.79 Å². The van der Waals surface area contributed by atoms with E-state index in [0.717, 1.165) is 4.90 Å². The molecule has 70 valence electrons. The van der Waals surface area contributed by atoms with Gasteiger partial charge in [-0.3, -0.25) is 4.79 Å². The molecule has 0 spiro atoms. The highest BCUT2D eigenvalue weighted by molar-refractivity contribution is 7.98. The molecule has 1 aromatic carbocycles. The van der Waals surface area contributed by atoms with Crippen LogP contribution >= 0.6 is 11.8 Å². The van der Waals surface area contributed by atoms with Gasteiger partial charge in [-0.1, -0.05) is 6.07 Å². The Morgan fingerprint density at radius 3 is 2.77 bits per heavy atom. The molecule has 0 aliphatic heterocycles. The van der Waals surface area contributed by atoms with Gasteiger partial charge in [0.25, 0.3) is 0 Å². The van der Waals surface area contributed by atoms with E-state index in [2.05, 4.69) is 5.32 Å². The van der Waals surface area contributed by atoms with Gasteiger partial charge in [0.2, 0.25) is 5.91 Å². The molecule has 1 amide bonds. The fourth-order valence-corrected chi connectivity index (χ4v) is 1.57. The van der Waals surface area contributed by atoms with E-state index in [9.17, 15) is 4.79 Å². The van der Waals surface area contributed by atoms with Gasteiger partial charge < -0.3 is 11.1 Å². The third-order valence-electron chi connectivity index (χ3n) is 1.60. The van der Waals surface area contributed by atoms with Gasteiger partial charge >= 0.3 is 0 Å². The third kappa shape index (κ3) is 2.39. The number of carbonyl (C=O) groups excluding carboxylic acids is 1. The maximum atomic E-state index is 10.8. The van der Waals surface area contributed by atoms with E-state index < -0.39 is 0 Å². The van der Waals surface area contributed by atoms with Crippen LogP contribution in [0, 0.1) is 0 Å². The van der Waals surface area contributed by atoms with E-state index in [0.29, 0.717) is 11.4 Å². The number of nitrogens with one attached hydrogen (secondary N) is 1. The molecule has 0 fully saturated rings. The van der Waals surface area contributed by atoms with Crippen molar-refractivity contribution in [3.05, 3.63) is 18.2 Å². The number of rotatable bonds is 2. The predicted molar refractivity (Wildman–Crippen MR) is 56.9 cm³/mol. The van der Waals surface area contributed by atoms with E-state index in [4.69, 9.17) is 5.73 Å². The summed E-state index contributed by atoms with van der Waals surface area (Å²) < 4.78 is 0. The molecule has 0 aromatic heterocycles. The summed E-state index contributed by atoms with van der Waals surface area (Å²) in [5.41, 5.74) is 7.12. The van der Waals surface area contributed by atoms with Gasteiger partial charge in [0.05, 0.1) is 11.4 Å². The molecular formula is C9H12N2OS. The Morgan fingerprint density at radius 1 is 1.54 bits per heavy atom. The number of nitrogens with two attached hydrogens (primary N) is 1. The van der Waals surface area contributed by atoms with Crippen molar-refractivity contribution >= 4 is 29.0 Å². The largest absolute Gasteiger partial charge is 0.396 e. The second-order valence-corrected chi connectivity index (χ2v) is 3.45. The van der Waals surface area contributed by atoms with E-state index >= 15 is 0 Å². The fraction of sp³-hybridized carbons (Fsp3) is 0.222. The highest BCUT2D eigenvalue weighted by atomic mass is 32.2. The highest BCUT2D eigenvalue weighted by Crippen LogP contribution is 2.29. The minimum atomic E-state index is -0.107. The average Bonchev–Trinajstić information content (AvgIpc) is 2.08. The Labute approximate surface area is 81.7 Å². The highest BCUT2D eigenvalue weighted by Gasteiger charge is 2.04. The van der Waals surface area contributed by atoms with Crippen molar-refractivity contribution < 1.29 is 4.79 Å². The van der Waals surface area contributed by atoms with Gasteiger partial charge in [0.15, 0.2) is 0 Å². The Balaban J connectivity index is 3.01. The molecule has 0 unspecified atom stereocenters. The first kappa shape index (κ1) is 9.92. The van der Waals surface area contributed by atoms with Crippen LogP contribution < -0.4 is 11.1 Å². The number of anilines is 2. The SMILES string of the molecule is CSc1cccc(NC(C)=O)c1N. The number of thioether (sulfide) groups is 1. The smallest absolute Gasteiger partial charge is 0.221 e. The van der Waals surface area contributed by atoms with Crippen LogP contribution in [0.3, 0.4) is 0 Å². The number of nitrogen functional groups attached to an aromatic ring is 1. The lowest BCUT2D eigenvalue weighted by Gasteiger charge is -2.08. The van der Waals surface area contributed by atoms with Crippen LogP contribution in [0.4, 0.5) is 11.4 Å². The summed E-state index contributed by atoms with van der Waals surface area (Å²) in [5, 5.41) is 2.67.